The Hall–Kier alpha value is -2.47. The van der Waals surface area contributed by atoms with E-state index in [-0.39, 0.29) is 6.42 Å². The molecule has 0 saturated heterocycles. The van der Waals surface area contributed by atoms with Crippen molar-refractivity contribution in [2.75, 3.05) is 31.6 Å². The van der Waals surface area contributed by atoms with Gasteiger partial charge < -0.3 is 10.0 Å². The van der Waals surface area contributed by atoms with E-state index in [1.807, 2.05) is 0 Å². The molecule has 0 spiro atoms. The molecule has 3 heterocycles. The molecular weight excluding hydrogens is 402 g/mol. The van der Waals surface area contributed by atoms with Gasteiger partial charge in [-0.15, -0.1) is 0 Å². The van der Waals surface area contributed by atoms with Crippen molar-refractivity contribution >= 4 is 35.8 Å². The number of rotatable bonds is 6. The van der Waals surface area contributed by atoms with Gasteiger partial charge >= 0.3 is 5.97 Å². The van der Waals surface area contributed by atoms with Gasteiger partial charge in [-0.25, -0.2) is 9.57 Å². The van der Waals surface area contributed by atoms with Crippen LogP contribution in [0.3, 0.4) is 0 Å². The Labute approximate surface area is 184 Å². The molecule has 3 aliphatic heterocycles. The van der Waals surface area contributed by atoms with Crippen LogP contribution in [0.25, 0.3) is 0 Å². The molecule has 5 nitrogen and oxygen atoms in total. The Balaban J connectivity index is 1.47. The maximum Gasteiger partial charge on any atom is 0.303 e. The number of anilines is 1. The number of hydrogen-bond acceptors (Lipinski definition) is 3. The lowest BCUT2D eigenvalue weighted by atomic mass is 10.1. The lowest BCUT2D eigenvalue weighted by molar-refractivity contribution is -0.137. The summed E-state index contributed by atoms with van der Waals surface area (Å²) >= 11 is 0. The summed E-state index contributed by atoms with van der Waals surface area (Å²) in [5, 5.41) is 14.3. The molecule has 0 radical (unpaired) electrons. The SMILES string of the molecule is C[N+]1=c2cc3c(cc2CC1)=Nc1cc2c(cc1[Si]3(C)C)N(CCCCCC(=O)O)CC2. The van der Waals surface area contributed by atoms with Crippen LogP contribution < -0.4 is 30.6 Å². The van der Waals surface area contributed by atoms with Gasteiger partial charge in [0.1, 0.15) is 21.7 Å². The van der Waals surface area contributed by atoms with Crippen molar-refractivity contribution in [2.45, 2.75) is 51.6 Å². The van der Waals surface area contributed by atoms with Gasteiger partial charge in [0.05, 0.1) is 11.0 Å². The van der Waals surface area contributed by atoms with E-state index in [4.69, 9.17) is 10.1 Å². The van der Waals surface area contributed by atoms with Gasteiger partial charge in [0.2, 0.25) is 5.36 Å². The summed E-state index contributed by atoms with van der Waals surface area (Å²) in [5.41, 5.74) is 5.43. The summed E-state index contributed by atoms with van der Waals surface area (Å²) in [6, 6.07) is 9.59. The molecule has 0 fully saturated rings. The average molecular weight is 435 g/mol. The predicted octanol–water partition coefficient (Wildman–Crippen LogP) is 1.46. The molecule has 162 valence electrons. The Morgan fingerprint density at radius 2 is 1.94 bits per heavy atom. The molecule has 5 rings (SSSR count). The third kappa shape index (κ3) is 3.51. The van der Waals surface area contributed by atoms with E-state index in [1.54, 1.807) is 0 Å². The van der Waals surface area contributed by atoms with Crippen molar-refractivity contribution in [1.29, 1.82) is 0 Å². The molecule has 3 aliphatic rings. The molecule has 0 aromatic heterocycles. The van der Waals surface area contributed by atoms with Gasteiger partial charge in [-0.1, -0.05) is 19.5 Å². The predicted molar refractivity (Wildman–Crippen MR) is 128 cm³/mol. The number of carbonyl (C=O) groups is 1. The van der Waals surface area contributed by atoms with Crippen molar-refractivity contribution in [2.24, 2.45) is 4.99 Å². The van der Waals surface area contributed by atoms with Crippen LogP contribution in [0.1, 0.15) is 36.8 Å². The minimum absolute atomic E-state index is 0.281. The molecule has 0 amide bonds. The smallest absolute Gasteiger partial charge is 0.303 e. The minimum atomic E-state index is -1.85. The first-order valence-electron chi connectivity index (χ1n) is 11.6. The average Bonchev–Trinajstić information content (AvgIpc) is 3.28. The van der Waals surface area contributed by atoms with Crippen LogP contribution >= 0.6 is 0 Å². The standard InChI is InChI=1S/C25H31N3O2Si/c1-27-11-8-17-13-19-23(15-21(17)27)31(2,3)24-16-22-18(14-20(24)26-19)9-12-28(22)10-6-4-5-7-25(29)30/h13-16H,4-12H2,1-3H3/p+1. The number of aliphatic carboxylic acids is 1. The van der Waals surface area contributed by atoms with E-state index in [2.05, 4.69) is 53.9 Å². The van der Waals surface area contributed by atoms with Crippen LogP contribution in [0.4, 0.5) is 11.4 Å². The van der Waals surface area contributed by atoms with Crippen molar-refractivity contribution in [1.82, 2.24) is 4.58 Å². The van der Waals surface area contributed by atoms with Crippen molar-refractivity contribution in [3.8, 4) is 0 Å². The lowest BCUT2D eigenvalue weighted by Crippen LogP contribution is -2.62. The van der Waals surface area contributed by atoms with Gasteiger partial charge in [0, 0.05) is 43.2 Å². The molecule has 2 aromatic carbocycles. The van der Waals surface area contributed by atoms with Gasteiger partial charge in [-0.05, 0) is 53.4 Å². The second kappa shape index (κ2) is 7.59. The minimum Gasteiger partial charge on any atom is -0.481 e. The third-order valence-electron chi connectivity index (χ3n) is 7.42. The van der Waals surface area contributed by atoms with Gasteiger partial charge in [0.25, 0.3) is 0 Å². The molecule has 0 bridgehead atoms. The first kappa shape index (κ1) is 20.4. The summed E-state index contributed by atoms with van der Waals surface area (Å²) < 4.78 is 2.38. The highest BCUT2D eigenvalue weighted by atomic mass is 28.3. The normalized spacial score (nSPS) is 17.6. The molecule has 0 aliphatic carbocycles. The fourth-order valence-electron chi connectivity index (χ4n) is 5.52. The molecule has 0 unspecified atom stereocenters. The Morgan fingerprint density at radius 3 is 2.74 bits per heavy atom. The number of carboxylic acid groups (broad SMARTS) is 1. The quantitative estimate of drug-likeness (QED) is 0.425. The summed E-state index contributed by atoms with van der Waals surface area (Å²) in [7, 11) is 0.351. The summed E-state index contributed by atoms with van der Waals surface area (Å²) in [4.78, 5) is 18.4. The summed E-state index contributed by atoms with van der Waals surface area (Å²) in [6.45, 7) is 8.12. The molecule has 0 atom stereocenters. The first-order valence-corrected chi connectivity index (χ1v) is 14.6. The highest BCUT2D eigenvalue weighted by Gasteiger charge is 2.36. The Bertz CT molecular complexity index is 1200. The molecular formula is C25H32N3O2Si+. The maximum atomic E-state index is 10.7. The fraction of sp³-hybridized carbons (Fsp3) is 0.480. The monoisotopic (exact) mass is 434 g/mol. The van der Waals surface area contributed by atoms with Crippen LogP contribution in [0.5, 0.6) is 0 Å². The number of unbranched alkanes of at least 4 members (excludes halogenated alkanes) is 2. The van der Waals surface area contributed by atoms with E-state index in [9.17, 15) is 4.79 Å². The third-order valence-corrected chi connectivity index (χ3v) is 10.9. The van der Waals surface area contributed by atoms with Crippen LogP contribution in [0.15, 0.2) is 29.3 Å². The first-order chi connectivity index (χ1) is 14.8. The van der Waals surface area contributed by atoms with Crippen LogP contribution in [-0.4, -0.2) is 45.8 Å². The molecule has 31 heavy (non-hydrogen) atoms. The molecule has 1 N–H and O–H groups in total. The summed E-state index contributed by atoms with van der Waals surface area (Å²) in [5.74, 6) is -0.689. The van der Waals surface area contributed by atoms with Crippen molar-refractivity contribution < 1.29 is 9.90 Å². The Kier molecular flexibility index (Phi) is 5.00. The van der Waals surface area contributed by atoms with Crippen molar-refractivity contribution in [3.63, 3.8) is 0 Å². The second-order valence-corrected chi connectivity index (χ2v) is 14.2. The van der Waals surface area contributed by atoms with Gasteiger partial charge in [-0.2, -0.15) is 0 Å². The highest BCUT2D eigenvalue weighted by molar-refractivity contribution is 7.01. The van der Waals surface area contributed by atoms with E-state index in [0.29, 0.717) is 0 Å². The lowest BCUT2D eigenvalue weighted by Gasteiger charge is -2.30. The van der Waals surface area contributed by atoms with Gasteiger partial charge in [0.15, 0.2) is 0 Å². The van der Waals surface area contributed by atoms with E-state index < -0.39 is 14.0 Å². The zero-order valence-electron chi connectivity index (χ0n) is 18.9. The zero-order chi connectivity index (χ0) is 21.8. The van der Waals surface area contributed by atoms with Crippen molar-refractivity contribution in [3.05, 3.63) is 46.1 Å². The van der Waals surface area contributed by atoms with Crippen LogP contribution in [0, 0.1) is 0 Å². The zero-order valence-corrected chi connectivity index (χ0v) is 19.9. The van der Waals surface area contributed by atoms with Crippen LogP contribution in [-0.2, 0) is 17.6 Å². The van der Waals surface area contributed by atoms with E-state index in [0.717, 1.165) is 51.7 Å². The topological polar surface area (TPSA) is 55.9 Å². The fourth-order valence-corrected chi connectivity index (χ4v) is 8.35. The van der Waals surface area contributed by atoms with E-state index in [1.165, 1.54) is 43.6 Å². The number of carboxylic acids is 1. The number of nitrogens with zero attached hydrogens (tertiary/aromatic N) is 3. The second-order valence-electron chi connectivity index (χ2n) is 9.85. The van der Waals surface area contributed by atoms with E-state index >= 15 is 0 Å². The maximum absolute atomic E-state index is 10.7. The largest absolute Gasteiger partial charge is 0.481 e. The van der Waals surface area contributed by atoms with Gasteiger partial charge in [-0.3, -0.25) is 4.79 Å². The summed E-state index contributed by atoms with van der Waals surface area (Å²) in [6.07, 6.45) is 5.28. The molecule has 6 heteroatoms. The number of likely N-dealkylation sites (N-methyl/N-ethyl adjacent to an activating group) is 1. The van der Waals surface area contributed by atoms with Crippen LogP contribution in [0.2, 0.25) is 13.1 Å². The molecule has 0 saturated carbocycles. The Morgan fingerprint density at radius 1 is 1.10 bits per heavy atom. The highest BCUT2D eigenvalue weighted by Crippen LogP contribution is 2.32. The number of hydrogen-bond donors (Lipinski definition) is 1. The molecule has 2 aromatic rings. The number of benzene rings is 2. The number of fused-ring (bicyclic) bond motifs is 4.